The van der Waals surface area contributed by atoms with E-state index in [1.165, 1.54) is 0 Å². The van der Waals surface area contributed by atoms with E-state index in [0.717, 1.165) is 47.1 Å². The molecule has 2 aliphatic heterocycles. The highest BCUT2D eigenvalue weighted by molar-refractivity contribution is 7.91. The van der Waals surface area contributed by atoms with E-state index in [2.05, 4.69) is 21.9 Å². The van der Waals surface area contributed by atoms with Crippen LogP contribution in [0.5, 0.6) is 34.5 Å². The van der Waals surface area contributed by atoms with Crippen molar-refractivity contribution in [3.63, 3.8) is 0 Å². The molecule has 9 heteroatoms. The molecule has 0 aliphatic carbocycles. The fourth-order valence-electron chi connectivity index (χ4n) is 5.95. The van der Waals surface area contributed by atoms with Gasteiger partial charge in [0.2, 0.25) is 9.84 Å². The minimum atomic E-state index is -3.76. The van der Waals surface area contributed by atoms with Gasteiger partial charge in [-0.05, 0) is 84.9 Å². The van der Waals surface area contributed by atoms with Gasteiger partial charge in [0.1, 0.15) is 34.5 Å². The van der Waals surface area contributed by atoms with E-state index in [-0.39, 0.29) is 9.79 Å². The minimum Gasteiger partial charge on any atom is -0.473 e. The fraction of sp³-hybridized carbons (Fsp3) is 0.100. The summed E-state index contributed by atoms with van der Waals surface area (Å²) in [5, 5.41) is 0. The molecule has 0 bridgehead atoms. The first-order valence-corrected chi connectivity index (χ1v) is 17.4. The maximum Gasteiger partial charge on any atom is 0.206 e. The predicted molar refractivity (Wildman–Crippen MR) is 188 cm³/mol. The maximum atomic E-state index is 13.5. The first-order valence-electron chi connectivity index (χ1n) is 15.9. The number of nitrogens with zero attached hydrogens (tertiary/aromatic N) is 2. The van der Waals surface area contributed by atoms with Crippen LogP contribution in [0.15, 0.2) is 155 Å². The molecule has 0 saturated heterocycles. The summed E-state index contributed by atoms with van der Waals surface area (Å²) >= 11 is 0. The molecule has 2 aliphatic rings. The van der Waals surface area contributed by atoms with Crippen molar-refractivity contribution in [2.45, 2.75) is 22.9 Å². The van der Waals surface area contributed by atoms with Crippen LogP contribution >= 0.6 is 0 Å². The summed E-state index contributed by atoms with van der Waals surface area (Å²) in [5.74, 6) is 4.15. The molecule has 0 unspecified atom stereocenters. The lowest BCUT2D eigenvalue weighted by atomic mass is 10.1. The Morgan fingerprint density at radius 1 is 0.469 bits per heavy atom. The third-order valence-electron chi connectivity index (χ3n) is 8.52. The van der Waals surface area contributed by atoms with Gasteiger partial charge in [-0.25, -0.2) is 8.42 Å². The number of sulfone groups is 1. The minimum absolute atomic E-state index is 0.171. The lowest BCUT2D eigenvalue weighted by Gasteiger charge is -2.30. The van der Waals surface area contributed by atoms with Crippen LogP contribution in [-0.2, 0) is 22.9 Å². The highest BCUT2D eigenvalue weighted by Crippen LogP contribution is 2.34. The number of para-hydroxylation sites is 2. The van der Waals surface area contributed by atoms with E-state index in [9.17, 15) is 8.42 Å². The van der Waals surface area contributed by atoms with E-state index in [0.29, 0.717) is 36.5 Å². The van der Waals surface area contributed by atoms with E-state index in [1.807, 2.05) is 84.9 Å². The van der Waals surface area contributed by atoms with Crippen LogP contribution in [0.1, 0.15) is 11.1 Å². The number of hydrogen-bond acceptors (Lipinski definition) is 8. The second-order valence-electron chi connectivity index (χ2n) is 11.8. The van der Waals surface area contributed by atoms with Gasteiger partial charge in [0.15, 0.2) is 13.5 Å². The number of anilines is 2. The van der Waals surface area contributed by atoms with Gasteiger partial charge in [-0.1, -0.05) is 48.5 Å². The normalized spacial score (nSPS) is 13.8. The van der Waals surface area contributed by atoms with Gasteiger partial charge in [0, 0.05) is 47.7 Å². The first-order chi connectivity index (χ1) is 24.0. The van der Waals surface area contributed by atoms with Crippen molar-refractivity contribution in [3.05, 3.63) is 157 Å². The van der Waals surface area contributed by atoms with Crippen molar-refractivity contribution in [1.82, 2.24) is 0 Å². The van der Waals surface area contributed by atoms with Gasteiger partial charge >= 0.3 is 0 Å². The van der Waals surface area contributed by atoms with Gasteiger partial charge < -0.3 is 28.7 Å². The molecule has 0 fully saturated rings. The predicted octanol–water partition coefficient (Wildman–Crippen LogP) is 8.82. The van der Waals surface area contributed by atoms with Crippen LogP contribution in [0.2, 0.25) is 0 Å². The van der Waals surface area contributed by atoms with Gasteiger partial charge in [0.25, 0.3) is 0 Å². The molecule has 0 aromatic heterocycles. The van der Waals surface area contributed by atoms with Gasteiger partial charge in [-0.3, -0.25) is 0 Å². The molecule has 2 heterocycles. The SMILES string of the molecule is O=S(=O)(c1ccc(Oc2cccc(N3COc4ccccc4C3)c2)cc1)c1ccc(Oc2cccc(N3COc4ccccc4C3)c2)cc1. The zero-order valence-corrected chi connectivity index (χ0v) is 27.3. The Morgan fingerprint density at radius 2 is 0.898 bits per heavy atom. The quantitative estimate of drug-likeness (QED) is 0.159. The van der Waals surface area contributed by atoms with Gasteiger partial charge in [0.05, 0.1) is 9.79 Å². The van der Waals surface area contributed by atoms with Crippen molar-refractivity contribution in [1.29, 1.82) is 0 Å². The number of hydrogen-bond donors (Lipinski definition) is 0. The first kappa shape index (κ1) is 30.4. The van der Waals surface area contributed by atoms with Gasteiger partial charge in [-0.2, -0.15) is 0 Å². The summed E-state index contributed by atoms with van der Waals surface area (Å²) in [6, 6.07) is 44.4. The Hall–Kier alpha value is -5.93. The molecule has 49 heavy (non-hydrogen) atoms. The Bertz CT molecular complexity index is 2070. The fourth-order valence-corrected chi connectivity index (χ4v) is 7.21. The van der Waals surface area contributed by atoms with Crippen molar-refractivity contribution in [3.8, 4) is 34.5 Å². The van der Waals surface area contributed by atoms with Crippen LogP contribution < -0.4 is 28.7 Å². The molecule has 6 aromatic carbocycles. The number of rotatable bonds is 8. The Morgan fingerprint density at radius 3 is 1.35 bits per heavy atom. The van der Waals surface area contributed by atoms with Crippen molar-refractivity contribution in [2.24, 2.45) is 0 Å². The van der Waals surface area contributed by atoms with Crippen LogP contribution in [0.4, 0.5) is 11.4 Å². The molecular weight excluding hydrogens is 637 g/mol. The van der Waals surface area contributed by atoms with Crippen molar-refractivity contribution < 1.29 is 27.4 Å². The largest absolute Gasteiger partial charge is 0.473 e. The van der Waals surface area contributed by atoms with Crippen LogP contribution in [-0.4, -0.2) is 21.9 Å². The Balaban J connectivity index is 0.911. The molecule has 0 amide bonds. The molecule has 244 valence electrons. The highest BCUT2D eigenvalue weighted by Gasteiger charge is 2.21. The smallest absolute Gasteiger partial charge is 0.206 e. The monoisotopic (exact) mass is 668 g/mol. The zero-order chi connectivity index (χ0) is 33.2. The molecule has 8 nitrogen and oxygen atoms in total. The summed E-state index contributed by atoms with van der Waals surface area (Å²) < 4.78 is 51.0. The number of benzene rings is 6. The van der Waals surface area contributed by atoms with Crippen molar-refractivity contribution in [2.75, 3.05) is 23.3 Å². The van der Waals surface area contributed by atoms with Crippen LogP contribution in [0, 0.1) is 0 Å². The zero-order valence-electron chi connectivity index (χ0n) is 26.4. The maximum absolute atomic E-state index is 13.5. The third-order valence-corrected chi connectivity index (χ3v) is 10.3. The number of ether oxygens (including phenoxy) is 4. The van der Waals surface area contributed by atoms with E-state index in [1.54, 1.807) is 48.5 Å². The summed E-state index contributed by atoms with van der Waals surface area (Å²) in [7, 11) is -3.76. The van der Waals surface area contributed by atoms with E-state index in [4.69, 9.17) is 18.9 Å². The van der Waals surface area contributed by atoms with Crippen LogP contribution in [0.3, 0.4) is 0 Å². The summed E-state index contributed by atoms with van der Waals surface area (Å²) in [4.78, 5) is 4.60. The molecule has 0 radical (unpaired) electrons. The molecule has 0 saturated carbocycles. The molecular formula is C40H32N2O6S. The second-order valence-corrected chi connectivity index (χ2v) is 13.8. The molecule has 6 aromatic rings. The Kier molecular flexibility index (Phi) is 8.03. The molecule has 0 atom stereocenters. The molecule has 0 N–H and O–H groups in total. The number of fused-ring (bicyclic) bond motifs is 2. The average molecular weight is 669 g/mol. The topological polar surface area (TPSA) is 77.5 Å². The van der Waals surface area contributed by atoms with E-state index >= 15 is 0 Å². The highest BCUT2D eigenvalue weighted by atomic mass is 32.2. The molecule has 8 rings (SSSR count). The summed E-state index contributed by atoms with van der Waals surface area (Å²) in [6.45, 7) is 2.35. The summed E-state index contributed by atoms with van der Waals surface area (Å²) in [6.07, 6.45) is 0. The van der Waals surface area contributed by atoms with Gasteiger partial charge in [-0.15, -0.1) is 0 Å². The Labute approximate surface area is 285 Å². The van der Waals surface area contributed by atoms with E-state index < -0.39 is 9.84 Å². The van der Waals surface area contributed by atoms with Crippen molar-refractivity contribution >= 4 is 21.2 Å². The molecule has 0 spiro atoms. The average Bonchev–Trinajstić information content (AvgIpc) is 3.15. The summed E-state index contributed by atoms with van der Waals surface area (Å²) in [5.41, 5.74) is 4.18. The second kappa shape index (κ2) is 12.9. The third kappa shape index (κ3) is 6.48. The lowest BCUT2D eigenvalue weighted by Crippen LogP contribution is -2.31. The lowest BCUT2D eigenvalue weighted by molar-refractivity contribution is 0.289. The standard InChI is InChI=1S/C40H32N2O6S/c43-49(44,37-19-15-33(16-20-37)47-35-11-5-9-31(23-35)41-25-29-7-1-3-13-39(29)45-27-41)38-21-17-34(18-22-38)48-36-12-6-10-32(24-36)42-26-30-8-2-4-14-40(30)46-28-42/h1-24H,25-28H2. The van der Waals surface area contributed by atoms with Crippen LogP contribution in [0.25, 0.3) is 0 Å².